The van der Waals surface area contributed by atoms with Crippen molar-refractivity contribution >= 4 is 22.2 Å². The number of carbonyl (C=O) groups is 2. The molecule has 37 heavy (non-hydrogen) atoms. The standard InChI is InChI=1S/2C13H26N2O.H2O4S/c2*1-6-15(7-2,8-3)11-9-10-14-13(16)12(4)5;1-5(2,3)4/h2*4,6-11H2,1-3,5H3;(H2,1,2,3,4). The van der Waals surface area contributed by atoms with Gasteiger partial charge in [0.15, 0.2) is 0 Å². The molecule has 0 aliphatic rings. The van der Waals surface area contributed by atoms with E-state index in [4.69, 9.17) is 17.5 Å². The second-order valence-corrected chi connectivity index (χ2v) is 10.0. The minimum atomic E-state index is -5.17. The zero-order valence-electron chi connectivity index (χ0n) is 24.7. The van der Waals surface area contributed by atoms with E-state index >= 15 is 0 Å². The lowest BCUT2D eigenvalue weighted by Gasteiger charge is -2.35. The summed E-state index contributed by atoms with van der Waals surface area (Å²) >= 11 is 0. The van der Waals surface area contributed by atoms with Gasteiger partial charge in [-0.25, -0.2) is 0 Å². The molecule has 0 aromatic heterocycles. The summed E-state index contributed by atoms with van der Waals surface area (Å²) in [4.78, 5) is 22.5. The maximum absolute atomic E-state index is 11.3. The van der Waals surface area contributed by atoms with Crippen LogP contribution in [0.15, 0.2) is 24.3 Å². The first kappa shape index (κ1) is 39.7. The molecule has 0 rings (SSSR count). The molecule has 0 bridgehead atoms. The molecule has 0 aliphatic carbocycles. The highest BCUT2D eigenvalue weighted by Gasteiger charge is 2.20. The molecule has 10 nitrogen and oxygen atoms in total. The molecule has 0 heterocycles. The SMILES string of the molecule is C=C(C)C(=O)NCCC[N+](CC)(CC)CC.C=C(C)C(=O)NCCC[N+](CC)(CC)CC.O=S(=O)([O-])[O-]. The van der Waals surface area contributed by atoms with Gasteiger partial charge >= 0.3 is 0 Å². The molecule has 0 aromatic carbocycles. The Morgan fingerprint density at radius 1 is 0.649 bits per heavy atom. The Morgan fingerprint density at radius 3 is 1.03 bits per heavy atom. The van der Waals surface area contributed by atoms with Crippen molar-refractivity contribution in [2.24, 2.45) is 0 Å². The lowest BCUT2D eigenvalue weighted by atomic mass is 10.2. The van der Waals surface area contributed by atoms with Gasteiger partial charge < -0.3 is 28.7 Å². The molecule has 0 radical (unpaired) electrons. The molecule has 0 fully saturated rings. The molecular formula is C26H54N4O6S. The Labute approximate surface area is 226 Å². The lowest BCUT2D eigenvalue weighted by Crippen LogP contribution is -2.48. The van der Waals surface area contributed by atoms with Crippen LogP contribution in [0.5, 0.6) is 0 Å². The number of rotatable bonds is 16. The minimum Gasteiger partial charge on any atom is -0.759 e. The quantitative estimate of drug-likeness (QED) is 0.0996. The summed E-state index contributed by atoms with van der Waals surface area (Å²) in [6, 6.07) is 0. The van der Waals surface area contributed by atoms with E-state index < -0.39 is 10.4 Å². The summed E-state index contributed by atoms with van der Waals surface area (Å²) in [6.07, 6.45) is 2.07. The van der Waals surface area contributed by atoms with Gasteiger partial charge in [0.2, 0.25) is 11.8 Å². The van der Waals surface area contributed by atoms with Crippen LogP contribution in [-0.2, 0) is 20.0 Å². The Kier molecular flexibility index (Phi) is 22.7. The fraction of sp³-hybridized carbons (Fsp3) is 0.769. The average Bonchev–Trinajstić information content (AvgIpc) is 2.84. The average molecular weight is 551 g/mol. The van der Waals surface area contributed by atoms with E-state index in [0.717, 1.165) is 48.0 Å². The molecular weight excluding hydrogens is 496 g/mol. The van der Waals surface area contributed by atoms with Crippen LogP contribution < -0.4 is 10.6 Å². The Morgan fingerprint density at radius 2 is 0.865 bits per heavy atom. The maximum atomic E-state index is 11.3. The van der Waals surface area contributed by atoms with Crippen LogP contribution in [0, 0.1) is 0 Å². The van der Waals surface area contributed by atoms with Crippen LogP contribution >= 0.6 is 0 Å². The van der Waals surface area contributed by atoms with Gasteiger partial charge in [0.05, 0.1) is 52.4 Å². The number of nitrogens with one attached hydrogen (secondary N) is 2. The van der Waals surface area contributed by atoms with Gasteiger partial charge in [0.25, 0.3) is 0 Å². The summed E-state index contributed by atoms with van der Waals surface area (Å²) in [5.41, 5.74) is 1.17. The van der Waals surface area contributed by atoms with Crippen molar-refractivity contribution in [2.75, 3.05) is 65.4 Å². The van der Waals surface area contributed by atoms with Crippen LogP contribution in [0.2, 0.25) is 0 Å². The van der Waals surface area contributed by atoms with E-state index in [1.807, 2.05) is 0 Å². The second-order valence-electron chi connectivity index (χ2n) is 9.22. The normalized spacial score (nSPS) is 11.3. The van der Waals surface area contributed by atoms with E-state index in [2.05, 4.69) is 65.3 Å². The largest absolute Gasteiger partial charge is 0.759 e. The van der Waals surface area contributed by atoms with Gasteiger partial charge in [0, 0.05) is 47.5 Å². The zero-order valence-corrected chi connectivity index (χ0v) is 25.5. The van der Waals surface area contributed by atoms with E-state index in [0.29, 0.717) is 11.1 Å². The Balaban J connectivity index is -0.000000528. The van der Waals surface area contributed by atoms with E-state index in [1.165, 1.54) is 39.3 Å². The Bertz CT molecular complexity index is 701. The van der Waals surface area contributed by atoms with Crippen molar-refractivity contribution in [1.29, 1.82) is 0 Å². The highest BCUT2D eigenvalue weighted by Crippen LogP contribution is 2.07. The van der Waals surface area contributed by atoms with Gasteiger partial charge in [-0.2, -0.15) is 0 Å². The van der Waals surface area contributed by atoms with Crippen molar-refractivity contribution in [1.82, 2.24) is 10.6 Å². The topological polar surface area (TPSA) is 138 Å². The molecule has 2 N–H and O–H groups in total. The summed E-state index contributed by atoms with van der Waals surface area (Å²) < 4.78 is 36.4. The van der Waals surface area contributed by atoms with Crippen molar-refractivity contribution in [3.8, 4) is 0 Å². The van der Waals surface area contributed by atoms with Gasteiger partial charge in [-0.05, 0) is 55.4 Å². The van der Waals surface area contributed by atoms with Gasteiger partial charge in [0.1, 0.15) is 0 Å². The Hall–Kier alpha value is -1.79. The van der Waals surface area contributed by atoms with Crippen molar-refractivity contribution in [3.05, 3.63) is 24.3 Å². The minimum absolute atomic E-state index is 0.0254. The van der Waals surface area contributed by atoms with E-state index in [1.54, 1.807) is 13.8 Å². The summed E-state index contributed by atoms with van der Waals surface area (Å²) in [6.45, 7) is 34.9. The molecule has 0 aromatic rings. The molecule has 2 amide bonds. The third kappa shape index (κ3) is 22.0. The van der Waals surface area contributed by atoms with Crippen LogP contribution in [-0.4, -0.2) is 104 Å². The van der Waals surface area contributed by atoms with Crippen LogP contribution in [0.1, 0.15) is 68.2 Å². The number of amides is 2. The summed E-state index contributed by atoms with van der Waals surface area (Å²) in [5, 5.41) is 5.76. The third-order valence-corrected chi connectivity index (χ3v) is 6.99. The molecule has 220 valence electrons. The number of carbonyl (C=O) groups excluding carboxylic acids is 2. The monoisotopic (exact) mass is 550 g/mol. The fourth-order valence-electron chi connectivity index (χ4n) is 3.82. The molecule has 0 saturated heterocycles. The molecule has 0 spiro atoms. The van der Waals surface area contributed by atoms with Gasteiger partial charge in [-0.15, -0.1) is 0 Å². The summed E-state index contributed by atoms with van der Waals surface area (Å²) in [5.74, 6) is -0.0507. The van der Waals surface area contributed by atoms with Crippen LogP contribution in [0.25, 0.3) is 0 Å². The zero-order chi connectivity index (χ0) is 29.7. The number of hydrogen-bond acceptors (Lipinski definition) is 6. The molecule has 0 saturated carbocycles. The highest BCUT2D eigenvalue weighted by atomic mass is 32.3. The second kappa shape index (κ2) is 21.2. The van der Waals surface area contributed by atoms with Gasteiger partial charge in [-0.1, -0.05) is 13.2 Å². The van der Waals surface area contributed by atoms with Crippen molar-refractivity contribution < 1.29 is 36.1 Å². The summed E-state index contributed by atoms with van der Waals surface area (Å²) in [7, 11) is -5.17. The molecule has 11 heteroatoms. The molecule has 0 unspecified atom stereocenters. The predicted octanol–water partition coefficient (Wildman–Crippen LogP) is 2.55. The van der Waals surface area contributed by atoms with Crippen LogP contribution in [0.3, 0.4) is 0 Å². The molecule has 0 aliphatic heterocycles. The van der Waals surface area contributed by atoms with Crippen molar-refractivity contribution in [2.45, 2.75) is 68.2 Å². The number of nitrogens with zero attached hydrogens (tertiary/aromatic N) is 2. The smallest absolute Gasteiger partial charge is 0.246 e. The third-order valence-electron chi connectivity index (χ3n) is 6.99. The highest BCUT2D eigenvalue weighted by molar-refractivity contribution is 7.79. The first-order valence-electron chi connectivity index (χ1n) is 13.3. The van der Waals surface area contributed by atoms with Crippen molar-refractivity contribution in [3.63, 3.8) is 0 Å². The van der Waals surface area contributed by atoms with E-state index in [9.17, 15) is 9.59 Å². The lowest BCUT2D eigenvalue weighted by molar-refractivity contribution is -0.923. The number of quaternary nitrogens is 2. The predicted molar refractivity (Wildman–Crippen MR) is 149 cm³/mol. The fourth-order valence-corrected chi connectivity index (χ4v) is 3.82. The molecule has 0 atom stereocenters. The van der Waals surface area contributed by atoms with Gasteiger partial charge in [-0.3, -0.25) is 18.0 Å². The maximum Gasteiger partial charge on any atom is 0.246 e. The first-order chi connectivity index (χ1) is 17.0. The number of hydrogen-bond donors (Lipinski definition) is 2. The van der Waals surface area contributed by atoms with Crippen LogP contribution in [0.4, 0.5) is 0 Å². The van der Waals surface area contributed by atoms with E-state index in [-0.39, 0.29) is 11.8 Å². The first-order valence-corrected chi connectivity index (χ1v) is 14.6.